The third-order valence-corrected chi connectivity index (χ3v) is 3.83. The van der Waals surface area contributed by atoms with Crippen LogP contribution in [0.4, 0.5) is 4.39 Å². The molecule has 108 valence electrons. The lowest BCUT2D eigenvalue weighted by atomic mass is 9.91. The molecular formula is C14H17FN2O2S. The summed E-state index contributed by atoms with van der Waals surface area (Å²) in [7, 11) is 0. The molecule has 0 saturated heterocycles. The van der Waals surface area contributed by atoms with Crippen LogP contribution < -0.4 is 5.32 Å². The van der Waals surface area contributed by atoms with E-state index in [4.69, 9.17) is 0 Å². The lowest BCUT2D eigenvalue weighted by molar-refractivity contribution is -0.145. The van der Waals surface area contributed by atoms with Gasteiger partial charge in [0.15, 0.2) is 0 Å². The summed E-state index contributed by atoms with van der Waals surface area (Å²) in [6, 6.07) is 0.152. The fourth-order valence-electron chi connectivity index (χ4n) is 2.05. The lowest BCUT2D eigenvalue weighted by Crippen LogP contribution is -2.47. The zero-order valence-electron chi connectivity index (χ0n) is 11.3. The zero-order valence-corrected chi connectivity index (χ0v) is 12.1. The van der Waals surface area contributed by atoms with Crippen LogP contribution in [0, 0.1) is 5.92 Å². The summed E-state index contributed by atoms with van der Waals surface area (Å²) in [5.74, 6) is -4.54. The van der Waals surface area contributed by atoms with Gasteiger partial charge in [0.25, 0.3) is 0 Å². The highest BCUT2D eigenvalue weighted by molar-refractivity contribution is 8.00. The molecule has 0 bridgehead atoms. The quantitative estimate of drug-likeness (QED) is 0.617. The Morgan fingerprint density at radius 1 is 1.55 bits per heavy atom. The van der Waals surface area contributed by atoms with E-state index in [-0.39, 0.29) is 6.04 Å². The molecule has 1 heterocycles. The fourth-order valence-corrected chi connectivity index (χ4v) is 2.82. The van der Waals surface area contributed by atoms with Crippen LogP contribution >= 0.6 is 11.9 Å². The van der Waals surface area contributed by atoms with E-state index in [2.05, 4.69) is 5.32 Å². The van der Waals surface area contributed by atoms with Gasteiger partial charge in [0.05, 0.1) is 0 Å². The average molecular weight is 296 g/mol. The Morgan fingerprint density at radius 2 is 2.30 bits per heavy atom. The molecule has 0 saturated carbocycles. The van der Waals surface area contributed by atoms with Gasteiger partial charge >= 0.3 is 5.97 Å². The molecule has 0 aromatic heterocycles. The Balaban J connectivity index is 2.28. The normalized spacial score (nSPS) is 28.7. The minimum absolute atomic E-state index is 0.152. The highest BCUT2D eigenvalue weighted by Crippen LogP contribution is 2.39. The molecule has 2 unspecified atom stereocenters. The van der Waals surface area contributed by atoms with Crippen molar-refractivity contribution in [1.82, 2.24) is 9.62 Å². The van der Waals surface area contributed by atoms with Crippen LogP contribution in [0.5, 0.6) is 0 Å². The molecule has 0 spiro atoms. The molecule has 2 N–H and O–H groups in total. The molecule has 6 heteroatoms. The fraction of sp³-hybridized carbons (Fsp3) is 0.357. The van der Waals surface area contributed by atoms with Crippen LogP contribution in [-0.4, -0.2) is 27.2 Å². The van der Waals surface area contributed by atoms with E-state index in [9.17, 15) is 9.90 Å². The number of nitrogens with one attached hydrogen (secondary N) is 1. The highest BCUT2D eigenvalue weighted by Gasteiger charge is 2.47. The molecule has 4 nitrogen and oxygen atoms in total. The number of rotatable bonds is 4. The molecule has 0 fully saturated rings. The number of alkyl halides is 1. The first-order valence-corrected chi connectivity index (χ1v) is 7.16. The van der Waals surface area contributed by atoms with Crippen molar-refractivity contribution in [1.29, 1.82) is 0 Å². The summed E-state index contributed by atoms with van der Waals surface area (Å²) >= 11 is 1.13. The second kappa shape index (κ2) is 5.75. The Morgan fingerprint density at radius 3 is 2.85 bits per heavy atom. The summed E-state index contributed by atoms with van der Waals surface area (Å²) in [6.07, 6.45) is 9.30. The van der Waals surface area contributed by atoms with E-state index in [0.717, 1.165) is 11.9 Å². The first-order chi connectivity index (χ1) is 9.43. The maximum atomic E-state index is 15.2. The Kier molecular flexibility index (Phi) is 4.23. The minimum atomic E-state index is -2.08. The number of carbonyl (C=O) groups is 1. The molecule has 1 aliphatic carbocycles. The van der Waals surface area contributed by atoms with Crippen LogP contribution in [0.25, 0.3) is 0 Å². The summed E-state index contributed by atoms with van der Waals surface area (Å²) in [4.78, 5) is 11.4. The van der Waals surface area contributed by atoms with Crippen LogP contribution in [0.1, 0.15) is 13.8 Å². The molecular weight excluding hydrogens is 279 g/mol. The number of nitrogens with zero attached hydrogens (tertiary/aromatic N) is 1. The zero-order chi connectivity index (χ0) is 14.8. The van der Waals surface area contributed by atoms with Gasteiger partial charge in [0, 0.05) is 17.9 Å². The van der Waals surface area contributed by atoms with E-state index in [1.807, 2.05) is 13.8 Å². The van der Waals surface area contributed by atoms with Crippen molar-refractivity contribution in [2.24, 2.45) is 5.92 Å². The van der Waals surface area contributed by atoms with Crippen molar-refractivity contribution in [3.05, 3.63) is 47.7 Å². The van der Waals surface area contributed by atoms with Crippen LogP contribution in [0.2, 0.25) is 0 Å². The SMILES string of the molecule is CC(C)NC1=CC(C(=O)O)C(F)(N2C=CC=CS2)C=C1. The first kappa shape index (κ1) is 14.7. The number of allylic oxidation sites excluding steroid dienone is 3. The van der Waals surface area contributed by atoms with Gasteiger partial charge < -0.3 is 10.4 Å². The Labute approximate surface area is 121 Å². The number of carboxylic acid groups (broad SMARTS) is 1. The number of hydrogen-bond acceptors (Lipinski definition) is 4. The van der Waals surface area contributed by atoms with Crippen molar-refractivity contribution in [3.63, 3.8) is 0 Å². The summed E-state index contributed by atoms with van der Waals surface area (Å²) in [5, 5.41) is 14.1. The smallest absolute Gasteiger partial charge is 0.316 e. The molecule has 0 aromatic rings. The van der Waals surface area contributed by atoms with E-state index >= 15 is 4.39 Å². The summed E-state index contributed by atoms with van der Waals surface area (Å²) < 4.78 is 16.5. The van der Waals surface area contributed by atoms with E-state index < -0.39 is 17.7 Å². The van der Waals surface area contributed by atoms with Crippen molar-refractivity contribution in [3.8, 4) is 0 Å². The van der Waals surface area contributed by atoms with Gasteiger partial charge in [0.1, 0.15) is 5.92 Å². The highest BCUT2D eigenvalue weighted by atomic mass is 32.2. The van der Waals surface area contributed by atoms with Gasteiger partial charge in [-0.15, -0.1) is 0 Å². The molecule has 2 aliphatic rings. The van der Waals surface area contributed by atoms with Gasteiger partial charge in [-0.05, 0) is 55.5 Å². The minimum Gasteiger partial charge on any atom is -0.481 e. The van der Waals surface area contributed by atoms with Crippen LogP contribution in [-0.2, 0) is 4.79 Å². The maximum absolute atomic E-state index is 15.2. The molecule has 2 atom stereocenters. The predicted octanol–water partition coefficient (Wildman–Crippen LogP) is 2.80. The molecule has 0 amide bonds. The molecule has 1 aliphatic heterocycles. The van der Waals surface area contributed by atoms with Gasteiger partial charge in [0.2, 0.25) is 5.79 Å². The van der Waals surface area contributed by atoms with Crippen molar-refractivity contribution >= 4 is 17.9 Å². The predicted molar refractivity (Wildman–Crippen MR) is 78.2 cm³/mol. The van der Waals surface area contributed by atoms with Gasteiger partial charge in [-0.3, -0.25) is 9.10 Å². The van der Waals surface area contributed by atoms with Gasteiger partial charge in [-0.2, -0.15) is 0 Å². The van der Waals surface area contributed by atoms with Crippen LogP contribution in [0.3, 0.4) is 0 Å². The van der Waals surface area contributed by atoms with Crippen molar-refractivity contribution in [2.45, 2.75) is 25.7 Å². The third-order valence-electron chi connectivity index (χ3n) is 2.92. The molecule has 20 heavy (non-hydrogen) atoms. The molecule has 0 radical (unpaired) electrons. The number of aliphatic carboxylic acids is 1. The molecule has 2 rings (SSSR count). The first-order valence-electron chi connectivity index (χ1n) is 6.32. The Hall–Kier alpha value is -1.69. The number of carboxylic acids is 1. The second-order valence-corrected chi connectivity index (χ2v) is 5.78. The van der Waals surface area contributed by atoms with Gasteiger partial charge in [-0.1, -0.05) is 6.08 Å². The van der Waals surface area contributed by atoms with E-state index in [1.54, 1.807) is 29.8 Å². The second-order valence-electron chi connectivity index (χ2n) is 4.90. The monoisotopic (exact) mass is 296 g/mol. The maximum Gasteiger partial charge on any atom is 0.316 e. The average Bonchev–Trinajstić information content (AvgIpc) is 2.41. The topological polar surface area (TPSA) is 52.6 Å². The van der Waals surface area contributed by atoms with Crippen molar-refractivity contribution in [2.75, 3.05) is 0 Å². The third kappa shape index (κ3) is 2.90. The van der Waals surface area contributed by atoms with E-state index in [1.165, 1.54) is 16.5 Å². The van der Waals surface area contributed by atoms with Gasteiger partial charge in [-0.25, -0.2) is 4.39 Å². The summed E-state index contributed by atoms with van der Waals surface area (Å²) in [6.45, 7) is 3.88. The lowest BCUT2D eigenvalue weighted by Gasteiger charge is -2.38. The van der Waals surface area contributed by atoms with Crippen LogP contribution in [0.15, 0.2) is 47.7 Å². The van der Waals surface area contributed by atoms with E-state index in [0.29, 0.717) is 5.70 Å². The largest absolute Gasteiger partial charge is 0.481 e. The standard InChI is InChI=1S/C14H17FN2O2S/c1-10(2)16-11-5-6-14(15,12(9-11)13(18)19)17-7-3-4-8-20-17/h3-10,12,16H,1-2H3,(H,18,19). The van der Waals surface area contributed by atoms with Crippen molar-refractivity contribution < 1.29 is 14.3 Å². The number of hydrogen-bond donors (Lipinski definition) is 2. The Bertz CT molecular complexity index is 513. The summed E-state index contributed by atoms with van der Waals surface area (Å²) in [5.41, 5.74) is 0.627. The molecule has 0 aromatic carbocycles. The number of halogens is 1.